The number of ketones is 1. The van der Waals surface area contributed by atoms with Crippen molar-refractivity contribution in [2.24, 2.45) is 0 Å². The number of benzene rings is 2. The summed E-state index contributed by atoms with van der Waals surface area (Å²) in [6.07, 6.45) is 2.78. The second-order valence-corrected chi connectivity index (χ2v) is 10.3. The Morgan fingerprint density at radius 3 is 2.43 bits per heavy atom. The van der Waals surface area contributed by atoms with E-state index in [9.17, 15) is 14.4 Å². The van der Waals surface area contributed by atoms with Crippen LogP contribution in [0.1, 0.15) is 47.6 Å². The number of ether oxygens (including phenoxy) is 1. The molecule has 0 bridgehead atoms. The zero-order valence-corrected chi connectivity index (χ0v) is 20.6. The van der Waals surface area contributed by atoms with E-state index >= 15 is 0 Å². The molecular weight excluding hydrogens is 462 g/mol. The van der Waals surface area contributed by atoms with Crippen LogP contribution in [-0.2, 0) is 9.53 Å². The number of thioether (sulfide) groups is 1. The average molecular weight is 490 g/mol. The molecule has 1 aliphatic rings. The van der Waals surface area contributed by atoms with E-state index in [1.165, 1.54) is 16.7 Å². The normalized spacial score (nSPS) is 17.6. The summed E-state index contributed by atoms with van der Waals surface area (Å²) in [5.41, 5.74) is 1.62. The standard InChI is InChI=1S/C27H27N3O4S/c1-27(2,3)34-26(33)30-22(17-35-25(30)20-12-8-14-28-16-20)24(32)29-21-13-7-11-19(15-21)23(31)18-9-5-4-6-10-18/h4-16,22,25H,17H2,1-3H3,(H,29,32)/t22-,25?/m0/s1. The molecule has 1 unspecified atom stereocenters. The molecular formula is C27H27N3O4S. The third-order valence-corrected chi connectivity index (χ3v) is 6.63. The first kappa shape index (κ1) is 24.5. The molecule has 3 aromatic rings. The van der Waals surface area contributed by atoms with Gasteiger partial charge >= 0.3 is 6.09 Å². The highest BCUT2D eigenvalue weighted by Crippen LogP contribution is 2.42. The maximum atomic E-state index is 13.3. The number of anilines is 1. The molecule has 2 amide bonds. The first-order valence-corrected chi connectivity index (χ1v) is 12.3. The van der Waals surface area contributed by atoms with Crippen LogP contribution in [0.25, 0.3) is 0 Å². The summed E-state index contributed by atoms with van der Waals surface area (Å²) in [6.45, 7) is 5.37. The molecule has 4 rings (SSSR count). The molecule has 180 valence electrons. The van der Waals surface area contributed by atoms with Crippen molar-refractivity contribution < 1.29 is 19.1 Å². The minimum atomic E-state index is -0.756. The first-order valence-electron chi connectivity index (χ1n) is 11.3. The van der Waals surface area contributed by atoms with Crippen molar-refractivity contribution in [2.45, 2.75) is 37.8 Å². The number of rotatable bonds is 5. The number of hydrogen-bond acceptors (Lipinski definition) is 6. The molecule has 2 aromatic carbocycles. The summed E-state index contributed by atoms with van der Waals surface area (Å²) < 4.78 is 5.63. The molecule has 1 aliphatic heterocycles. The van der Waals surface area contributed by atoms with Gasteiger partial charge in [-0.1, -0.05) is 48.5 Å². The summed E-state index contributed by atoms with van der Waals surface area (Å²) in [7, 11) is 0. The Balaban J connectivity index is 1.56. The highest BCUT2D eigenvalue weighted by Gasteiger charge is 2.44. The van der Waals surface area contributed by atoms with Crippen molar-refractivity contribution in [1.82, 2.24) is 9.88 Å². The maximum absolute atomic E-state index is 13.3. The Morgan fingerprint density at radius 2 is 1.74 bits per heavy atom. The van der Waals surface area contributed by atoms with E-state index in [2.05, 4.69) is 10.3 Å². The van der Waals surface area contributed by atoms with Crippen LogP contribution >= 0.6 is 11.8 Å². The van der Waals surface area contributed by atoms with Crippen molar-refractivity contribution >= 4 is 35.2 Å². The van der Waals surface area contributed by atoms with Crippen LogP contribution in [0.4, 0.5) is 10.5 Å². The van der Waals surface area contributed by atoms with Gasteiger partial charge in [0.05, 0.1) is 0 Å². The lowest BCUT2D eigenvalue weighted by Crippen LogP contribution is -2.47. The Morgan fingerprint density at radius 1 is 1.00 bits per heavy atom. The summed E-state index contributed by atoms with van der Waals surface area (Å²) >= 11 is 1.48. The van der Waals surface area contributed by atoms with Gasteiger partial charge in [-0.3, -0.25) is 19.5 Å². The van der Waals surface area contributed by atoms with Crippen LogP contribution in [0.15, 0.2) is 79.1 Å². The van der Waals surface area contributed by atoms with E-state index in [-0.39, 0.29) is 11.7 Å². The molecule has 7 nitrogen and oxygen atoms in total. The van der Waals surface area contributed by atoms with Crippen molar-refractivity contribution in [2.75, 3.05) is 11.1 Å². The lowest BCUT2D eigenvalue weighted by Gasteiger charge is -2.31. The fourth-order valence-corrected chi connectivity index (χ4v) is 5.15. The summed E-state index contributed by atoms with van der Waals surface area (Å²) in [5, 5.41) is 2.48. The Hall–Kier alpha value is -3.65. The lowest BCUT2D eigenvalue weighted by atomic mass is 10.0. The third kappa shape index (κ3) is 5.89. The molecule has 1 fully saturated rings. The van der Waals surface area contributed by atoms with E-state index < -0.39 is 23.1 Å². The van der Waals surface area contributed by atoms with Crippen LogP contribution in [0.5, 0.6) is 0 Å². The zero-order valence-electron chi connectivity index (χ0n) is 19.8. The fourth-order valence-electron chi connectivity index (χ4n) is 3.74. The maximum Gasteiger partial charge on any atom is 0.412 e. The number of aromatic nitrogens is 1. The van der Waals surface area contributed by atoms with Gasteiger partial charge in [-0.05, 0) is 39.0 Å². The predicted octanol–water partition coefficient (Wildman–Crippen LogP) is 5.30. The van der Waals surface area contributed by atoms with Gasteiger partial charge in [0, 0.05) is 40.5 Å². The second kappa shape index (κ2) is 10.3. The second-order valence-electron chi connectivity index (χ2n) is 9.14. The van der Waals surface area contributed by atoms with E-state index in [1.807, 2.05) is 12.1 Å². The van der Waals surface area contributed by atoms with Gasteiger partial charge < -0.3 is 10.1 Å². The van der Waals surface area contributed by atoms with E-state index in [0.717, 1.165) is 5.56 Å². The lowest BCUT2D eigenvalue weighted by molar-refractivity contribution is -0.120. The minimum Gasteiger partial charge on any atom is -0.444 e. The number of hydrogen-bond donors (Lipinski definition) is 1. The monoisotopic (exact) mass is 489 g/mol. The van der Waals surface area contributed by atoms with E-state index in [4.69, 9.17) is 4.74 Å². The predicted molar refractivity (Wildman–Crippen MR) is 136 cm³/mol. The number of carbonyl (C=O) groups is 3. The van der Waals surface area contributed by atoms with Crippen molar-refractivity contribution in [3.8, 4) is 0 Å². The van der Waals surface area contributed by atoms with Crippen LogP contribution in [0.3, 0.4) is 0 Å². The van der Waals surface area contributed by atoms with Gasteiger partial charge in [0.25, 0.3) is 0 Å². The van der Waals surface area contributed by atoms with Crippen molar-refractivity contribution in [1.29, 1.82) is 0 Å². The van der Waals surface area contributed by atoms with Crippen molar-refractivity contribution in [3.63, 3.8) is 0 Å². The highest BCUT2D eigenvalue weighted by atomic mass is 32.2. The quantitative estimate of drug-likeness (QED) is 0.489. The summed E-state index contributed by atoms with van der Waals surface area (Å²) in [6, 6.07) is 18.7. The van der Waals surface area contributed by atoms with Crippen LogP contribution < -0.4 is 5.32 Å². The third-order valence-electron chi connectivity index (χ3n) is 5.31. The largest absolute Gasteiger partial charge is 0.444 e. The van der Waals surface area contributed by atoms with E-state index in [0.29, 0.717) is 22.6 Å². The van der Waals surface area contributed by atoms with E-state index in [1.54, 1.807) is 87.8 Å². The molecule has 0 spiro atoms. The van der Waals surface area contributed by atoms with Gasteiger partial charge in [-0.15, -0.1) is 11.8 Å². The average Bonchev–Trinajstić information content (AvgIpc) is 3.30. The Kier molecular flexibility index (Phi) is 7.21. The molecule has 2 heterocycles. The molecule has 1 saturated heterocycles. The topological polar surface area (TPSA) is 88.6 Å². The SMILES string of the molecule is CC(C)(C)OC(=O)N1C(c2cccnc2)SC[C@H]1C(=O)Nc1cccc(C(=O)c2ccccc2)c1. The number of carbonyl (C=O) groups excluding carboxylic acids is 3. The van der Waals surface area contributed by atoms with Crippen LogP contribution in [0, 0.1) is 0 Å². The van der Waals surface area contributed by atoms with Gasteiger partial charge in [0.1, 0.15) is 17.0 Å². The Bertz CT molecular complexity index is 1210. The highest BCUT2D eigenvalue weighted by molar-refractivity contribution is 7.99. The summed E-state index contributed by atoms with van der Waals surface area (Å²) in [5.74, 6) is -0.0861. The van der Waals surface area contributed by atoms with Crippen LogP contribution in [0.2, 0.25) is 0 Å². The number of pyridine rings is 1. The molecule has 0 aliphatic carbocycles. The fraction of sp³-hybridized carbons (Fsp3) is 0.259. The summed E-state index contributed by atoms with van der Waals surface area (Å²) in [4.78, 5) is 45.0. The number of nitrogens with zero attached hydrogens (tertiary/aromatic N) is 2. The van der Waals surface area contributed by atoms with Gasteiger partial charge in [0.15, 0.2) is 5.78 Å². The first-order chi connectivity index (χ1) is 16.7. The molecule has 0 radical (unpaired) electrons. The molecule has 35 heavy (non-hydrogen) atoms. The molecule has 0 saturated carbocycles. The van der Waals surface area contributed by atoms with Crippen molar-refractivity contribution in [3.05, 3.63) is 95.8 Å². The minimum absolute atomic E-state index is 0.134. The molecule has 1 N–H and O–H groups in total. The van der Waals surface area contributed by atoms with Crippen LogP contribution in [-0.4, -0.2) is 45.1 Å². The van der Waals surface area contributed by atoms with Gasteiger partial charge in [-0.25, -0.2) is 4.79 Å². The molecule has 1 aromatic heterocycles. The number of amides is 2. The zero-order chi connectivity index (χ0) is 25.0. The van der Waals surface area contributed by atoms with Gasteiger partial charge in [-0.2, -0.15) is 0 Å². The van der Waals surface area contributed by atoms with Gasteiger partial charge in [0.2, 0.25) is 5.91 Å². The smallest absolute Gasteiger partial charge is 0.412 e. The molecule has 8 heteroatoms. The number of nitrogens with one attached hydrogen (secondary N) is 1. The molecule has 2 atom stereocenters. The Labute approximate surface area is 208 Å².